The average Bonchev–Trinajstić information content (AvgIpc) is 3.22. The monoisotopic (exact) mass is 364 g/mol. The fraction of sp³-hybridized carbons (Fsp3) is 0.471. The lowest BCUT2D eigenvalue weighted by Gasteiger charge is -2.01. The Morgan fingerprint density at radius 1 is 1.38 bits per heavy atom. The molecule has 112 valence electrons. The standard InChI is InChI=1S/C17H21BrN2S/c1-2-8-19-11-15-17(13-6-7-13)20-16(21-15)10-12-4-3-5-14(18)9-12/h3-5,9,13,19H,2,6-8,10-11H2,1H3. The molecule has 1 fully saturated rings. The van der Waals surface area contributed by atoms with E-state index in [1.807, 2.05) is 11.3 Å². The van der Waals surface area contributed by atoms with Crippen LogP contribution in [0.1, 0.15) is 53.2 Å². The SMILES string of the molecule is CCCNCc1sc(Cc2cccc(Br)c2)nc1C1CC1. The largest absolute Gasteiger partial charge is 0.312 e. The maximum atomic E-state index is 4.94. The maximum absolute atomic E-state index is 4.94. The van der Waals surface area contributed by atoms with Crippen LogP contribution in [0.4, 0.5) is 0 Å². The van der Waals surface area contributed by atoms with Gasteiger partial charge in [-0.2, -0.15) is 0 Å². The second-order valence-electron chi connectivity index (χ2n) is 5.67. The van der Waals surface area contributed by atoms with E-state index in [9.17, 15) is 0 Å². The summed E-state index contributed by atoms with van der Waals surface area (Å²) >= 11 is 5.43. The molecular weight excluding hydrogens is 344 g/mol. The molecule has 0 aliphatic heterocycles. The lowest BCUT2D eigenvalue weighted by atomic mass is 10.2. The van der Waals surface area contributed by atoms with E-state index in [1.165, 1.54) is 40.4 Å². The smallest absolute Gasteiger partial charge is 0.0975 e. The Balaban J connectivity index is 1.74. The molecule has 2 aromatic rings. The highest BCUT2D eigenvalue weighted by atomic mass is 79.9. The van der Waals surface area contributed by atoms with Crippen LogP contribution in [-0.2, 0) is 13.0 Å². The van der Waals surface area contributed by atoms with Crippen LogP contribution in [0.5, 0.6) is 0 Å². The summed E-state index contributed by atoms with van der Waals surface area (Å²) < 4.78 is 1.14. The van der Waals surface area contributed by atoms with E-state index < -0.39 is 0 Å². The van der Waals surface area contributed by atoms with Crippen molar-refractivity contribution in [2.45, 2.75) is 45.1 Å². The van der Waals surface area contributed by atoms with E-state index in [1.54, 1.807) is 0 Å². The summed E-state index contributed by atoms with van der Waals surface area (Å²) in [6, 6.07) is 8.53. The number of aromatic nitrogens is 1. The van der Waals surface area contributed by atoms with Gasteiger partial charge in [0.05, 0.1) is 10.7 Å². The second-order valence-corrected chi connectivity index (χ2v) is 7.76. The van der Waals surface area contributed by atoms with Gasteiger partial charge in [-0.05, 0) is 43.5 Å². The molecule has 0 bridgehead atoms. The van der Waals surface area contributed by atoms with Gasteiger partial charge in [0.1, 0.15) is 0 Å². The first kappa shape index (κ1) is 15.2. The van der Waals surface area contributed by atoms with Crippen molar-refractivity contribution in [2.24, 2.45) is 0 Å². The Morgan fingerprint density at radius 3 is 2.95 bits per heavy atom. The van der Waals surface area contributed by atoms with Gasteiger partial charge in [0.15, 0.2) is 0 Å². The number of halogens is 1. The van der Waals surface area contributed by atoms with Crippen LogP contribution in [0.2, 0.25) is 0 Å². The van der Waals surface area contributed by atoms with E-state index in [2.05, 4.69) is 52.4 Å². The summed E-state index contributed by atoms with van der Waals surface area (Å²) in [6.07, 6.45) is 4.77. The molecule has 1 aromatic carbocycles. The third-order valence-electron chi connectivity index (χ3n) is 3.69. The first-order valence-electron chi connectivity index (χ1n) is 7.70. The number of rotatable bonds is 7. The quantitative estimate of drug-likeness (QED) is 0.708. The van der Waals surface area contributed by atoms with E-state index >= 15 is 0 Å². The van der Waals surface area contributed by atoms with Crippen molar-refractivity contribution >= 4 is 27.3 Å². The second kappa shape index (κ2) is 7.03. The van der Waals surface area contributed by atoms with Crippen molar-refractivity contribution in [1.29, 1.82) is 0 Å². The zero-order valence-electron chi connectivity index (χ0n) is 12.4. The third-order valence-corrected chi connectivity index (χ3v) is 5.26. The molecule has 0 unspecified atom stereocenters. The van der Waals surface area contributed by atoms with Gasteiger partial charge in [-0.1, -0.05) is 35.0 Å². The van der Waals surface area contributed by atoms with Crippen molar-refractivity contribution in [1.82, 2.24) is 10.3 Å². The molecule has 0 saturated heterocycles. The topological polar surface area (TPSA) is 24.9 Å². The molecule has 1 aliphatic carbocycles. The zero-order valence-corrected chi connectivity index (χ0v) is 14.8. The minimum absolute atomic E-state index is 0.732. The fourth-order valence-electron chi connectivity index (χ4n) is 2.49. The molecule has 0 amide bonds. The van der Waals surface area contributed by atoms with Crippen LogP contribution >= 0.6 is 27.3 Å². The number of nitrogens with one attached hydrogen (secondary N) is 1. The van der Waals surface area contributed by atoms with Gasteiger partial charge < -0.3 is 5.32 Å². The lowest BCUT2D eigenvalue weighted by Crippen LogP contribution is -2.13. The number of hydrogen-bond donors (Lipinski definition) is 1. The highest BCUT2D eigenvalue weighted by molar-refractivity contribution is 9.10. The summed E-state index contributed by atoms with van der Waals surface area (Å²) in [5.74, 6) is 0.732. The molecule has 1 N–H and O–H groups in total. The summed E-state index contributed by atoms with van der Waals surface area (Å²) in [5, 5.41) is 4.78. The Kier molecular flexibility index (Phi) is 5.09. The summed E-state index contributed by atoms with van der Waals surface area (Å²) in [6.45, 7) is 4.28. The molecule has 0 radical (unpaired) electrons. The average molecular weight is 365 g/mol. The highest BCUT2D eigenvalue weighted by Gasteiger charge is 2.29. The molecule has 21 heavy (non-hydrogen) atoms. The fourth-order valence-corrected chi connectivity index (χ4v) is 4.10. The molecule has 2 nitrogen and oxygen atoms in total. The van der Waals surface area contributed by atoms with Crippen LogP contribution in [0, 0.1) is 0 Å². The number of thiazole rings is 1. The molecule has 1 aromatic heterocycles. The minimum atomic E-state index is 0.732. The first-order valence-corrected chi connectivity index (χ1v) is 9.31. The molecule has 0 spiro atoms. The molecule has 1 aliphatic rings. The van der Waals surface area contributed by atoms with Crippen molar-refractivity contribution in [2.75, 3.05) is 6.54 Å². The summed E-state index contributed by atoms with van der Waals surface area (Å²) in [7, 11) is 0. The van der Waals surface area contributed by atoms with E-state index in [-0.39, 0.29) is 0 Å². The predicted molar refractivity (Wildman–Crippen MR) is 93.0 cm³/mol. The molecule has 0 atom stereocenters. The van der Waals surface area contributed by atoms with Crippen LogP contribution < -0.4 is 5.32 Å². The van der Waals surface area contributed by atoms with E-state index in [0.29, 0.717) is 0 Å². The first-order chi connectivity index (χ1) is 10.3. The van der Waals surface area contributed by atoms with Crippen molar-refractivity contribution < 1.29 is 0 Å². The van der Waals surface area contributed by atoms with Gasteiger partial charge in [-0.3, -0.25) is 0 Å². The summed E-state index contributed by atoms with van der Waals surface area (Å²) in [4.78, 5) is 6.39. The van der Waals surface area contributed by atoms with Crippen molar-refractivity contribution in [3.8, 4) is 0 Å². The van der Waals surface area contributed by atoms with Gasteiger partial charge in [0, 0.05) is 28.2 Å². The normalized spacial score (nSPS) is 14.6. The van der Waals surface area contributed by atoms with Gasteiger partial charge in [0.25, 0.3) is 0 Å². The Hall–Kier alpha value is -0.710. The van der Waals surface area contributed by atoms with Crippen molar-refractivity contribution in [3.63, 3.8) is 0 Å². The van der Waals surface area contributed by atoms with Crippen LogP contribution in [-0.4, -0.2) is 11.5 Å². The molecular formula is C17H21BrN2S. The molecule has 1 heterocycles. The lowest BCUT2D eigenvalue weighted by molar-refractivity contribution is 0.676. The van der Waals surface area contributed by atoms with Crippen molar-refractivity contribution in [3.05, 3.63) is 49.9 Å². The highest BCUT2D eigenvalue weighted by Crippen LogP contribution is 2.42. The Labute approximate surface area is 139 Å². The van der Waals surface area contributed by atoms with E-state index in [0.717, 1.165) is 29.9 Å². The molecule has 3 rings (SSSR count). The maximum Gasteiger partial charge on any atom is 0.0975 e. The van der Waals surface area contributed by atoms with Gasteiger partial charge in [-0.15, -0.1) is 11.3 Å². The number of hydrogen-bond acceptors (Lipinski definition) is 3. The van der Waals surface area contributed by atoms with Crippen LogP contribution in [0.15, 0.2) is 28.7 Å². The zero-order chi connectivity index (χ0) is 14.7. The number of nitrogens with zero attached hydrogens (tertiary/aromatic N) is 1. The van der Waals surface area contributed by atoms with Gasteiger partial charge in [0.2, 0.25) is 0 Å². The minimum Gasteiger partial charge on any atom is -0.312 e. The summed E-state index contributed by atoms with van der Waals surface area (Å²) in [5.41, 5.74) is 2.70. The van der Waals surface area contributed by atoms with Crippen LogP contribution in [0.25, 0.3) is 0 Å². The van der Waals surface area contributed by atoms with Gasteiger partial charge >= 0.3 is 0 Å². The van der Waals surface area contributed by atoms with Gasteiger partial charge in [-0.25, -0.2) is 4.98 Å². The predicted octanol–water partition coefficient (Wildman–Crippen LogP) is 4.87. The number of benzene rings is 1. The Bertz CT molecular complexity index is 605. The molecule has 4 heteroatoms. The van der Waals surface area contributed by atoms with Crippen LogP contribution in [0.3, 0.4) is 0 Å². The van der Waals surface area contributed by atoms with E-state index in [4.69, 9.17) is 4.98 Å². The third kappa shape index (κ3) is 4.15. The molecule has 1 saturated carbocycles. The Morgan fingerprint density at radius 2 is 2.24 bits per heavy atom.